The number of nitrogens with zero attached hydrogens (tertiary/aromatic N) is 2. The average molecular weight is 503 g/mol. The van der Waals surface area contributed by atoms with E-state index in [9.17, 15) is 14.2 Å². The number of carbonyl (C=O) groups is 1. The molecule has 1 N–H and O–H groups in total. The molecule has 0 bridgehead atoms. The Labute approximate surface area is 201 Å². The van der Waals surface area contributed by atoms with E-state index >= 15 is 0 Å². The fourth-order valence-corrected chi connectivity index (χ4v) is 7.03. The van der Waals surface area contributed by atoms with Gasteiger partial charge in [0.2, 0.25) is 0 Å². The lowest BCUT2D eigenvalue weighted by Gasteiger charge is -2.18. The van der Waals surface area contributed by atoms with Crippen LogP contribution >= 0.6 is 23.2 Å². The van der Waals surface area contributed by atoms with Crippen molar-refractivity contribution in [2.75, 3.05) is 0 Å². The molecule has 1 aliphatic heterocycles. The smallest absolute Gasteiger partial charge is 0.278 e. The number of hydrogen-bond donors (Lipinski definition) is 1. The highest BCUT2D eigenvalue weighted by atomic mass is 35.5. The minimum atomic E-state index is -2.90. The number of carbonyl (C=O) groups excluding carboxylic acids is 1. The predicted octanol–water partition coefficient (Wildman–Crippen LogP) is 5.21. The average Bonchev–Trinajstić information content (AvgIpc) is 3.36. The molecule has 1 unspecified atom stereocenters. The van der Waals surface area contributed by atoms with Gasteiger partial charge in [0.05, 0.1) is 39.0 Å². The molecule has 170 valence electrons. The van der Waals surface area contributed by atoms with Gasteiger partial charge in [0.1, 0.15) is 11.1 Å². The molecule has 0 spiro atoms. The Morgan fingerprint density at radius 3 is 2.48 bits per heavy atom. The van der Waals surface area contributed by atoms with Crippen molar-refractivity contribution in [3.8, 4) is 16.9 Å². The number of hydrogen-bond acceptors (Lipinski definition) is 4. The maximum atomic E-state index is 13.9. The van der Waals surface area contributed by atoms with Crippen molar-refractivity contribution in [1.29, 1.82) is 0 Å². The number of amides is 1. The summed E-state index contributed by atoms with van der Waals surface area (Å²) in [6, 6.07) is 10.5. The zero-order valence-electron chi connectivity index (χ0n) is 17.5. The molecule has 5 rings (SSSR count). The largest absolute Gasteiger partial charge is 0.489 e. The predicted molar refractivity (Wildman–Crippen MR) is 128 cm³/mol. The summed E-state index contributed by atoms with van der Waals surface area (Å²) in [5.41, 5.74) is 1.43. The zero-order valence-corrected chi connectivity index (χ0v) is 19.8. The number of aromatic nitrogens is 1. The van der Waals surface area contributed by atoms with Crippen LogP contribution in [0.25, 0.3) is 11.1 Å². The number of pyridine rings is 1. The van der Waals surface area contributed by atoms with Crippen molar-refractivity contribution in [1.82, 2.24) is 4.73 Å². The van der Waals surface area contributed by atoms with Crippen LogP contribution in [0, 0.1) is 0 Å². The third kappa shape index (κ3) is 3.74. The fraction of sp³-hybridized carbons (Fsp3) is 0.208. The Hall–Kier alpha value is -2.74. The van der Waals surface area contributed by atoms with Gasteiger partial charge in [-0.3, -0.25) is 9.00 Å². The SMILES string of the molecule is C=S1(=O)c2ccccc2-c2c(C(=O)N=c3c(Cl)cn(O)cc3Cl)ccc(OC3CCCC3)c21. The van der Waals surface area contributed by atoms with Gasteiger partial charge in [-0.25, -0.2) is 4.99 Å². The molecule has 0 saturated heterocycles. The van der Waals surface area contributed by atoms with Crippen molar-refractivity contribution in [2.24, 2.45) is 4.99 Å². The van der Waals surface area contributed by atoms with E-state index in [0.29, 0.717) is 31.4 Å². The second-order valence-corrected chi connectivity index (χ2v) is 11.1. The van der Waals surface area contributed by atoms with E-state index in [2.05, 4.69) is 10.9 Å². The van der Waals surface area contributed by atoms with Gasteiger partial charge >= 0.3 is 0 Å². The lowest BCUT2D eigenvalue weighted by molar-refractivity contribution is 0.0998. The zero-order chi connectivity index (χ0) is 23.3. The Morgan fingerprint density at radius 1 is 1.12 bits per heavy atom. The summed E-state index contributed by atoms with van der Waals surface area (Å²) in [5, 5.41) is 9.64. The van der Waals surface area contributed by atoms with E-state index in [4.69, 9.17) is 27.9 Å². The van der Waals surface area contributed by atoms with Crippen molar-refractivity contribution in [2.45, 2.75) is 41.6 Å². The van der Waals surface area contributed by atoms with Crippen molar-refractivity contribution >= 4 is 44.5 Å². The number of benzene rings is 2. The normalized spacial score (nSPS) is 19.2. The van der Waals surface area contributed by atoms with E-state index in [-0.39, 0.29) is 27.1 Å². The third-order valence-electron chi connectivity index (χ3n) is 5.95. The molecule has 9 heteroatoms. The summed E-state index contributed by atoms with van der Waals surface area (Å²) in [6.07, 6.45) is 6.47. The van der Waals surface area contributed by atoms with Crippen LogP contribution in [0.15, 0.2) is 63.6 Å². The summed E-state index contributed by atoms with van der Waals surface area (Å²) < 4.78 is 20.8. The Balaban J connectivity index is 1.72. The summed E-state index contributed by atoms with van der Waals surface area (Å²) in [6.45, 7) is 0. The molecule has 2 aliphatic rings. The highest BCUT2D eigenvalue weighted by molar-refractivity contribution is 8.01. The van der Waals surface area contributed by atoms with Gasteiger partial charge < -0.3 is 9.94 Å². The van der Waals surface area contributed by atoms with Crippen LogP contribution in [-0.4, -0.2) is 32.0 Å². The minimum Gasteiger partial charge on any atom is -0.489 e. The number of halogens is 2. The van der Waals surface area contributed by atoms with Gasteiger partial charge in [-0.15, -0.1) is 0 Å². The van der Waals surface area contributed by atoms with Crippen LogP contribution < -0.4 is 10.1 Å². The highest BCUT2D eigenvalue weighted by Gasteiger charge is 2.35. The standard InChI is InChI=1S/C24H20Cl2N2O4S/c1-33(31)20-9-5-4-8-15(20)21-16(10-11-19(23(21)33)32-14-6-2-3-7-14)24(29)27-22-17(25)12-28(30)13-18(22)26/h4-5,8-14,30H,1-3,6-7H2. The first-order valence-electron chi connectivity index (χ1n) is 10.4. The first-order valence-corrected chi connectivity index (χ1v) is 12.9. The summed E-state index contributed by atoms with van der Waals surface area (Å²) in [5.74, 6) is 3.92. The molecule has 6 nitrogen and oxygen atoms in total. The number of ether oxygens (including phenoxy) is 1. The van der Waals surface area contributed by atoms with E-state index in [0.717, 1.165) is 25.7 Å². The van der Waals surface area contributed by atoms with Crippen LogP contribution in [0.4, 0.5) is 0 Å². The highest BCUT2D eigenvalue weighted by Crippen LogP contribution is 2.49. The lowest BCUT2D eigenvalue weighted by atomic mass is 9.99. The molecular weight excluding hydrogens is 483 g/mol. The van der Waals surface area contributed by atoms with E-state index in [1.165, 1.54) is 12.4 Å². The van der Waals surface area contributed by atoms with Gasteiger partial charge in [0.25, 0.3) is 5.91 Å². The molecule has 33 heavy (non-hydrogen) atoms. The van der Waals surface area contributed by atoms with Gasteiger partial charge in [-0.2, -0.15) is 4.73 Å². The Morgan fingerprint density at radius 2 is 1.79 bits per heavy atom. The van der Waals surface area contributed by atoms with Crippen molar-refractivity contribution < 1.29 is 18.9 Å². The first-order chi connectivity index (χ1) is 15.8. The third-order valence-corrected chi connectivity index (χ3v) is 8.63. The van der Waals surface area contributed by atoms with Crippen LogP contribution in [-0.2, 0) is 9.52 Å². The molecule has 2 aromatic carbocycles. The quantitative estimate of drug-likeness (QED) is 0.308. The minimum absolute atomic E-state index is 0.0116. The van der Waals surface area contributed by atoms with Gasteiger partial charge in [-0.05, 0) is 55.3 Å². The maximum absolute atomic E-state index is 13.9. The molecule has 1 amide bonds. The number of fused-ring (bicyclic) bond motifs is 3. The molecular formula is C24H20Cl2N2O4S. The Kier molecular flexibility index (Phi) is 5.51. The van der Waals surface area contributed by atoms with E-state index < -0.39 is 15.4 Å². The van der Waals surface area contributed by atoms with Gasteiger partial charge in [0, 0.05) is 20.0 Å². The van der Waals surface area contributed by atoms with Crippen LogP contribution in [0.5, 0.6) is 5.75 Å². The Bertz CT molecular complexity index is 1450. The summed E-state index contributed by atoms with van der Waals surface area (Å²) in [7, 11) is -2.90. The molecule has 1 saturated carbocycles. The fourth-order valence-electron chi connectivity index (χ4n) is 4.46. The lowest BCUT2D eigenvalue weighted by Crippen LogP contribution is -2.15. The second kappa shape index (κ2) is 8.24. The van der Waals surface area contributed by atoms with Crippen LogP contribution in [0.3, 0.4) is 0 Å². The van der Waals surface area contributed by atoms with Crippen molar-refractivity contribution in [3.63, 3.8) is 0 Å². The van der Waals surface area contributed by atoms with E-state index in [1.54, 1.807) is 24.3 Å². The summed E-state index contributed by atoms with van der Waals surface area (Å²) in [4.78, 5) is 18.4. The van der Waals surface area contributed by atoms with Crippen LogP contribution in [0.2, 0.25) is 10.0 Å². The molecule has 1 atom stereocenters. The molecule has 1 aromatic heterocycles. The maximum Gasteiger partial charge on any atom is 0.278 e. The molecule has 1 aliphatic carbocycles. The summed E-state index contributed by atoms with van der Waals surface area (Å²) >= 11 is 12.3. The molecule has 2 heterocycles. The second-order valence-electron chi connectivity index (χ2n) is 8.11. The first kappa shape index (κ1) is 22.1. The monoisotopic (exact) mass is 502 g/mol. The number of rotatable bonds is 3. The molecule has 3 aromatic rings. The van der Waals surface area contributed by atoms with Crippen molar-refractivity contribution in [3.05, 3.63) is 69.8 Å². The van der Waals surface area contributed by atoms with Gasteiger partial charge in [-0.1, -0.05) is 41.4 Å². The van der Waals surface area contributed by atoms with Gasteiger partial charge in [0.15, 0.2) is 0 Å². The topological polar surface area (TPSA) is 80.9 Å². The molecule has 0 radical (unpaired) electrons. The van der Waals surface area contributed by atoms with Crippen LogP contribution in [0.1, 0.15) is 36.0 Å². The molecule has 1 fully saturated rings. The van der Waals surface area contributed by atoms with E-state index in [1.807, 2.05) is 12.1 Å².